The summed E-state index contributed by atoms with van der Waals surface area (Å²) in [7, 11) is 1.80. The molecule has 3 nitrogen and oxygen atoms in total. The van der Waals surface area contributed by atoms with Crippen molar-refractivity contribution < 1.29 is 4.79 Å². The number of carbonyl (C=O) groups excluding carboxylic acids is 1. The molecule has 0 unspecified atom stereocenters. The van der Waals surface area contributed by atoms with Crippen LogP contribution < -0.4 is 0 Å². The maximum absolute atomic E-state index is 11.3. The molecule has 0 atom stereocenters. The summed E-state index contributed by atoms with van der Waals surface area (Å²) >= 11 is 5.49. The van der Waals surface area contributed by atoms with E-state index < -0.39 is 0 Å². The van der Waals surface area contributed by atoms with Crippen LogP contribution in [0.15, 0.2) is 18.3 Å². The Labute approximate surface area is 89.1 Å². The highest BCUT2D eigenvalue weighted by Crippen LogP contribution is 1.99. The largest absolute Gasteiger partial charge is 0.365 e. The van der Waals surface area contributed by atoms with Gasteiger partial charge >= 0.3 is 0 Å². The summed E-state index contributed by atoms with van der Waals surface area (Å²) in [5, 5.41) is 0. The van der Waals surface area contributed by atoms with Crippen molar-refractivity contribution in [2.24, 2.45) is 0 Å². The molecular weight excluding hydrogens is 200 g/mol. The summed E-state index contributed by atoms with van der Waals surface area (Å²) in [4.78, 5) is 16.1. The molecule has 0 fully saturated rings. The van der Waals surface area contributed by atoms with Gasteiger partial charge in [-0.25, -0.2) is 0 Å². The van der Waals surface area contributed by atoms with Gasteiger partial charge in [0, 0.05) is 44.2 Å². The maximum atomic E-state index is 11.3. The van der Waals surface area contributed by atoms with Crippen molar-refractivity contribution in [3.63, 3.8) is 0 Å². The Morgan fingerprint density at radius 1 is 1.64 bits per heavy atom. The van der Waals surface area contributed by atoms with Crippen LogP contribution in [-0.2, 0) is 11.2 Å². The highest BCUT2D eigenvalue weighted by Gasteiger charge is 2.07. The molecule has 1 N–H and O–H groups in total. The van der Waals surface area contributed by atoms with Gasteiger partial charge in [0.15, 0.2) is 0 Å². The van der Waals surface area contributed by atoms with E-state index >= 15 is 0 Å². The highest BCUT2D eigenvalue weighted by molar-refractivity contribution is 6.18. The van der Waals surface area contributed by atoms with Crippen LogP contribution in [0.5, 0.6) is 0 Å². The van der Waals surface area contributed by atoms with Gasteiger partial charge in [-0.1, -0.05) is 0 Å². The van der Waals surface area contributed by atoms with Gasteiger partial charge in [0.05, 0.1) is 0 Å². The zero-order chi connectivity index (χ0) is 10.4. The number of amides is 1. The van der Waals surface area contributed by atoms with E-state index in [-0.39, 0.29) is 5.91 Å². The lowest BCUT2D eigenvalue weighted by Crippen LogP contribution is -2.28. The number of nitrogens with one attached hydrogen (secondary N) is 1. The Balaban J connectivity index is 2.27. The number of aromatic nitrogens is 1. The predicted molar refractivity (Wildman–Crippen MR) is 57.5 cm³/mol. The molecule has 14 heavy (non-hydrogen) atoms. The van der Waals surface area contributed by atoms with Gasteiger partial charge in [-0.15, -0.1) is 11.6 Å². The Morgan fingerprint density at radius 2 is 2.43 bits per heavy atom. The number of likely N-dealkylation sites (N-methyl/N-ethyl adjacent to an activating group) is 1. The Kier molecular flexibility index (Phi) is 4.53. The summed E-state index contributed by atoms with van der Waals surface area (Å²) in [6.45, 7) is 0.732. The summed E-state index contributed by atoms with van der Waals surface area (Å²) < 4.78 is 0. The molecule has 0 aliphatic rings. The Morgan fingerprint density at radius 3 is 3.00 bits per heavy atom. The van der Waals surface area contributed by atoms with Crippen LogP contribution in [0.4, 0.5) is 0 Å². The fraction of sp³-hybridized carbons (Fsp3) is 0.500. The van der Waals surface area contributed by atoms with Crippen molar-refractivity contribution in [2.45, 2.75) is 12.8 Å². The maximum Gasteiger partial charge on any atom is 0.223 e. The van der Waals surface area contributed by atoms with Crippen LogP contribution in [0.25, 0.3) is 0 Å². The smallest absolute Gasteiger partial charge is 0.223 e. The zero-order valence-corrected chi connectivity index (χ0v) is 9.05. The second kappa shape index (κ2) is 5.70. The van der Waals surface area contributed by atoms with Crippen molar-refractivity contribution in [1.82, 2.24) is 9.88 Å². The van der Waals surface area contributed by atoms with Crippen LogP contribution >= 0.6 is 11.6 Å². The summed E-state index contributed by atoms with van der Waals surface area (Å²) in [5.74, 6) is 0.498. The molecule has 1 rings (SSSR count). The first-order chi connectivity index (χ1) is 6.74. The van der Waals surface area contributed by atoms with Crippen LogP contribution in [0.3, 0.4) is 0 Å². The number of halogens is 1. The molecule has 1 aromatic rings. The van der Waals surface area contributed by atoms with E-state index in [0.717, 1.165) is 18.7 Å². The van der Waals surface area contributed by atoms with Gasteiger partial charge < -0.3 is 9.88 Å². The molecule has 1 amide bonds. The lowest BCUT2D eigenvalue weighted by Gasteiger charge is -2.15. The van der Waals surface area contributed by atoms with Gasteiger partial charge in [-0.05, 0) is 12.1 Å². The molecule has 0 aliphatic carbocycles. The molecule has 0 aromatic carbocycles. The SMILES string of the molecule is CN(CCc1ccc[nH]1)C(=O)CCCl. The monoisotopic (exact) mass is 214 g/mol. The van der Waals surface area contributed by atoms with Gasteiger partial charge in [0.1, 0.15) is 0 Å². The first-order valence-corrected chi connectivity index (χ1v) is 5.19. The normalized spacial score (nSPS) is 10.1. The molecule has 0 radical (unpaired) electrons. The average molecular weight is 215 g/mol. The van der Waals surface area contributed by atoms with Gasteiger partial charge in [0.25, 0.3) is 0 Å². The standard InChI is InChI=1S/C10H15ClN2O/c1-13(10(14)4-6-11)8-5-9-3-2-7-12-9/h2-3,7,12H,4-6,8H2,1H3. The first-order valence-electron chi connectivity index (χ1n) is 4.66. The van der Waals surface area contributed by atoms with Gasteiger partial charge in [-0.3, -0.25) is 4.79 Å². The summed E-state index contributed by atoms with van der Waals surface area (Å²) in [5.41, 5.74) is 1.15. The number of aromatic amines is 1. The predicted octanol–water partition coefficient (Wildman–Crippen LogP) is 1.64. The molecule has 0 spiro atoms. The van der Waals surface area contributed by atoms with Gasteiger partial charge in [-0.2, -0.15) is 0 Å². The second-order valence-electron chi connectivity index (χ2n) is 3.20. The van der Waals surface area contributed by atoms with Crippen LogP contribution in [0.2, 0.25) is 0 Å². The summed E-state index contributed by atoms with van der Waals surface area (Å²) in [6.07, 6.45) is 3.16. The minimum Gasteiger partial charge on any atom is -0.365 e. The van der Waals surface area contributed by atoms with E-state index in [1.54, 1.807) is 11.9 Å². The van der Waals surface area contributed by atoms with E-state index in [9.17, 15) is 4.79 Å². The van der Waals surface area contributed by atoms with E-state index in [4.69, 9.17) is 11.6 Å². The molecule has 0 saturated heterocycles. The fourth-order valence-electron chi connectivity index (χ4n) is 1.21. The second-order valence-corrected chi connectivity index (χ2v) is 3.58. The van der Waals surface area contributed by atoms with E-state index in [1.807, 2.05) is 18.3 Å². The molecule has 0 saturated carbocycles. The van der Waals surface area contributed by atoms with E-state index in [0.29, 0.717) is 12.3 Å². The first kappa shape index (κ1) is 11.1. The Hall–Kier alpha value is -0.960. The topological polar surface area (TPSA) is 36.1 Å². The third-order valence-corrected chi connectivity index (χ3v) is 2.30. The molecule has 78 valence electrons. The van der Waals surface area contributed by atoms with Crippen molar-refractivity contribution in [2.75, 3.05) is 19.5 Å². The molecular formula is C10H15ClN2O. The molecule has 1 aromatic heterocycles. The fourth-order valence-corrected chi connectivity index (χ4v) is 1.37. The quantitative estimate of drug-likeness (QED) is 0.744. The van der Waals surface area contributed by atoms with Crippen molar-refractivity contribution >= 4 is 17.5 Å². The number of nitrogens with zero attached hydrogens (tertiary/aromatic N) is 1. The van der Waals surface area contributed by atoms with Crippen molar-refractivity contribution in [3.05, 3.63) is 24.0 Å². The zero-order valence-electron chi connectivity index (χ0n) is 8.29. The molecule has 0 bridgehead atoms. The summed E-state index contributed by atoms with van der Waals surface area (Å²) in [6, 6.07) is 3.97. The lowest BCUT2D eigenvalue weighted by molar-refractivity contribution is -0.129. The van der Waals surface area contributed by atoms with Crippen molar-refractivity contribution in [1.29, 1.82) is 0 Å². The number of carbonyl (C=O) groups is 1. The number of alkyl halides is 1. The van der Waals surface area contributed by atoms with Crippen LogP contribution in [0.1, 0.15) is 12.1 Å². The van der Waals surface area contributed by atoms with E-state index in [1.165, 1.54) is 0 Å². The third kappa shape index (κ3) is 3.42. The minimum absolute atomic E-state index is 0.103. The molecule has 0 aliphatic heterocycles. The van der Waals surface area contributed by atoms with E-state index in [2.05, 4.69) is 4.98 Å². The minimum atomic E-state index is 0.103. The number of H-pyrrole nitrogens is 1. The van der Waals surface area contributed by atoms with Crippen LogP contribution in [-0.4, -0.2) is 35.3 Å². The van der Waals surface area contributed by atoms with Crippen LogP contribution in [0, 0.1) is 0 Å². The average Bonchev–Trinajstić information content (AvgIpc) is 2.67. The third-order valence-electron chi connectivity index (χ3n) is 2.11. The molecule has 1 heterocycles. The number of rotatable bonds is 5. The number of hydrogen-bond acceptors (Lipinski definition) is 1. The van der Waals surface area contributed by atoms with Gasteiger partial charge in [0.2, 0.25) is 5.91 Å². The highest BCUT2D eigenvalue weighted by atomic mass is 35.5. The Bertz CT molecular complexity index is 272. The molecule has 4 heteroatoms. The lowest BCUT2D eigenvalue weighted by atomic mass is 10.3. The van der Waals surface area contributed by atoms with Crippen molar-refractivity contribution in [3.8, 4) is 0 Å². The number of hydrogen-bond donors (Lipinski definition) is 1.